The van der Waals surface area contributed by atoms with Crippen molar-refractivity contribution >= 4 is 0 Å². The van der Waals surface area contributed by atoms with Gasteiger partial charge in [-0.05, 0) is 31.5 Å². The number of rotatable bonds is 3. The molecule has 6 heteroatoms. The Morgan fingerprint density at radius 2 is 1.89 bits per heavy atom. The zero-order valence-corrected chi connectivity index (χ0v) is 9.85. The molecule has 0 amide bonds. The van der Waals surface area contributed by atoms with E-state index in [1.54, 1.807) is 13.8 Å². The molecule has 0 spiro atoms. The van der Waals surface area contributed by atoms with Crippen molar-refractivity contribution in [1.29, 1.82) is 5.26 Å². The Balaban J connectivity index is 3.15. The van der Waals surface area contributed by atoms with E-state index in [1.165, 1.54) is 6.07 Å². The molecular weight excluding hydrogens is 248 g/mol. The van der Waals surface area contributed by atoms with Gasteiger partial charge in [-0.2, -0.15) is 18.4 Å². The summed E-state index contributed by atoms with van der Waals surface area (Å²) >= 11 is 0. The Hall–Kier alpha value is -1.61. The molecule has 1 N–H and O–H groups in total. The lowest BCUT2D eigenvalue weighted by Crippen LogP contribution is -2.27. The van der Waals surface area contributed by atoms with Gasteiger partial charge >= 0.3 is 6.18 Å². The van der Waals surface area contributed by atoms with Gasteiger partial charge < -0.3 is 0 Å². The van der Waals surface area contributed by atoms with Crippen LogP contribution in [0.25, 0.3) is 0 Å². The Morgan fingerprint density at radius 3 is 2.33 bits per heavy atom. The van der Waals surface area contributed by atoms with Gasteiger partial charge in [-0.15, -0.1) is 0 Å². The molecule has 0 radical (unpaired) electrons. The zero-order valence-electron chi connectivity index (χ0n) is 9.85. The number of nitriles is 1. The lowest BCUT2D eigenvalue weighted by Gasteiger charge is -2.16. The van der Waals surface area contributed by atoms with Crippen molar-refractivity contribution in [3.63, 3.8) is 0 Å². The third-order valence-electron chi connectivity index (χ3n) is 2.26. The fourth-order valence-corrected chi connectivity index (χ4v) is 1.48. The molecule has 2 nitrogen and oxygen atoms in total. The van der Waals surface area contributed by atoms with Crippen LogP contribution in [0.2, 0.25) is 0 Å². The maximum absolute atomic E-state index is 13.1. The van der Waals surface area contributed by atoms with E-state index < -0.39 is 23.6 Å². The van der Waals surface area contributed by atoms with E-state index in [1.807, 2.05) is 6.07 Å². The summed E-state index contributed by atoms with van der Waals surface area (Å²) in [6.45, 7) is 3.52. The molecule has 0 heterocycles. The van der Waals surface area contributed by atoms with Crippen LogP contribution in [-0.4, -0.2) is 6.04 Å². The number of benzene rings is 1. The fourth-order valence-electron chi connectivity index (χ4n) is 1.48. The van der Waals surface area contributed by atoms with Gasteiger partial charge in [0.25, 0.3) is 0 Å². The highest BCUT2D eigenvalue weighted by atomic mass is 19.4. The van der Waals surface area contributed by atoms with Crippen LogP contribution in [0, 0.1) is 17.1 Å². The van der Waals surface area contributed by atoms with E-state index in [0.29, 0.717) is 6.07 Å². The smallest absolute Gasteiger partial charge is 0.296 e. The highest BCUT2D eigenvalue weighted by Gasteiger charge is 2.34. The number of hydrogen-bond acceptors (Lipinski definition) is 2. The minimum atomic E-state index is -4.77. The van der Waals surface area contributed by atoms with E-state index in [4.69, 9.17) is 5.26 Å². The highest BCUT2D eigenvalue weighted by Crippen LogP contribution is 2.33. The minimum Gasteiger partial charge on any atom is -0.296 e. The van der Waals surface area contributed by atoms with Gasteiger partial charge in [0.15, 0.2) is 0 Å². The first-order chi connectivity index (χ1) is 8.25. The van der Waals surface area contributed by atoms with Crippen LogP contribution in [0.3, 0.4) is 0 Å². The summed E-state index contributed by atoms with van der Waals surface area (Å²) in [6.07, 6.45) is -4.77. The average Bonchev–Trinajstić information content (AvgIpc) is 2.25. The van der Waals surface area contributed by atoms with Crippen molar-refractivity contribution in [2.45, 2.75) is 32.1 Å². The van der Waals surface area contributed by atoms with Crippen molar-refractivity contribution in [3.05, 3.63) is 35.1 Å². The van der Waals surface area contributed by atoms with E-state index in [2.05, 4.69) is 5.32 Å². The topological polar surface area (TPSA) is 35.8 Å². The van der Waals surface area contributed by atoms with Crippen LogP contribution in [0.4, 0.5) is 17.6 Å². The monoisotopic (exact) mass is 260 g/mol. The Labute approximate surface area is 102 Å². The molecule has 0 aromatic heterocycles. The second-order valence-corrected chi connectivity index (χ2v) is 4.12. The second-order valence-electron chi connectivity index (χ2n) is 4.12. The molecule has 1 rings (SSSR count). The number of nitrogens with zero attached hydrogens (tertiary/aromatic N) is 1. The summed E-state index contributed by atoms with van der Waals surface area (Å²) in [6, 6.07) is 3.44. The van der Waals surface area contributed by atoms with Gasteiger partial charge in [-0.1, -0.05) is 6.07 Å². The predicted octanol–water partition coefficient (Wildman–Crippen LogP) is 3.41. The molecule has 1 atom stereocenters. The molecule has 0 saturated heterocycles. The first-order valence-electron chi connectivity index (χ1n) is 5.28. The summed E-state index contributed by atoms with van der Waals surface area (Å²) in [5.41, 5.74) is -1.26. The summed E-state index contributed by atoms with van der Waals surface area (Å²) < 4.78 is 50.6. The van der Waals surface area contributed by atoms with Gasteiger partial charge in [0.05, 0.1) is 11.6 Å². The van der Waals surface area contributed by atoms with Gasteiger partial charge in [-0.3, -0.25) is 5.32 Å². The molecule has 1 aromatic rings. The van der Waals surface area contributed by atoms with Crippen LogP contribution >= 0.6 is 0 Å². The third kappa shape index (κ3) is 3.44. The van der Waals surface area contributed by atoms with Gasteiger partial charge in [0.1, 0.15) is 11.9 Å². The van der Waals surface area contributed by atoms with E-state index in [0.717, 1.165) is 6.07 Å². The standard InChI is InChI=1S/C12H12F4N2/c1-7(2)18-11(6-17)8-3-4-10(13)9(5-8)12(14,15)16/h3-5,7,11,18H,1-2H3. The molecule has 18 heavy (non-hydrogen) atoms. The van der Waals surface area contributed by atoms with Crippen molar-refractivity contribution in [1.82, 2.24) is 5.32 Å². The van der Waals surface area contributed by atoms with Crippen molar-refractivity contribution in [2.24, 2.45) is 0 Å². The maximum Gasteiger partial charge on any atom is 0.419 e. The molecule has 1 unspecified atom stereocenters. The molecule has 1 aromatic carbocycles. The fraction of sp³-hybridized carbons (Fsp3) is 0.417. The SMILES string of the molecule is CC(C)NC(C#N)c1ccc(F)c(C(F)(F)F)c1. The first kappa shape index (κ1) is 14.5. The van der Waals surface area contributed by atoms with Crippen LogP contribution in [0.1, 0.15) is 31.0 Å². The van der Waals surface area contributed by atoms with E-state index in [-0.39, 0.29) is 11.6 Å². The van der Waals surface area contributed by atoms with E-state index >= 15 is 0 Å². The zero-order chi connectivity index (χ0) is 13.9. The first-order valence-corrected chi connectivity index (χ1v) is 5.28. The molecule has 0 saturated carbocycles. The van der Waals surface area contributed by atoms with Gasteiger partial charge in [-0.25, -0.2) is 4.39 Å². The lowest BCUT2D eigenvalue weighted by molar-refractivity contribution is -0.140. The number of alkyl halides is 3. The average molecular weight is 260 g/mol. The van der Waals surface area contributed by atoms with Crippen LogP contribution in [0.15, 0.2) is 18.2 Å². The van der Waals surface area contributed by atoms with Crippen LogP contribution in [-0.2, 0) is 6.18 Å². The normalized spacial score (nSPS) is 13.4. The summed E-state index contributed by atoms with van der Waals surface area (Å²) in [7, 11) is 0. The quantitative estimate of drug-likeness (QED) is 0.845. The molecule has 0 aliphatic carbocycles. The van der Waals surface area contributed by atoms with Crippen molar-refractivity contribution in [2.75, 3.05) is 0 Å². The number of hydrogen-bond donors (Lipinski definition) is 1. The molecule has 0 bridgehead atoms. The molecule has 98 valence electrons. The maximum atomic E-state index is 13.1. The summed E-state index contributed by atoms with van der Waals surface area (Å²) in [4.78, 5) is 0. The van der Waals surface area contributed by atoms with Crippen molar-refractivity contribution in [3.8, 4) is 6.07 Å². The summed E-state index contributed by atoms with van der Waals surface area (Å²) in [5.74, 6) is -1.34. The molecule has 0 aliphatic rings. The Kier molecular flexibility index (Phi) is 4.30. The largest absolute Gasteiger partial charge is 0.419 e. The Morgan fingerprint density at radius 1 is 1.28 bits per heavy atom. The molecule has 0 fully saturated rings. The van der Waals surface area contributed by atoms with Gasteiger partial charge in [0.2, 0.25) is 0 Å². The lowest BCUT2D eigenvalue weighted by atomic mass is 10.0. The molecule has 0 aliphatic heterocycles. The summed E-state index contributed by atoms with van der Waals surface area (Å²) in [5, 5.41) is 11.7. The van der Waals surface area contributed by atoms with Gasteiger partial charge in [0, 0.05) is 6.04 Å². The Bertz CT molecular complexity index is 460. The highest BCUT2D eigenvalue weighted by molar-refractivity contribution is 5.32. The number of halogens is 4. The second kappa shape index (κ2) is 5.36. The van der Waals surface area contributed by atoms with Crippen molar-refractivity contribution < 1.29 is 17.6 Å². The van der Waals surface area contributed by atoms with Crippen LogP contribution in [0.5, 0.6) is 0 Å². The van der Waals surface area contributed by atoms with E-state index in [9.17, 15) is 17.6 Å². The number of nitrogens with one attached hydrogen (secondary N) is 1. The minimum absolute atomic E-state index is 0.0750. The molecular formula is C12H12F4N2. The third-order valence-corrected chi connectivity index (χ3v) is 2.26. The predicted molar refractivity (Wildman–Crippen MR) is 58.0 cm³/mol. The van der Waals surface area contributed by atoms with Crippen LogP contribution < -0.4 is 5.32 Å².